The molecule has 1 saturated heterocycles. The number of nitrogens with two attached hydrogens (primary N) is 1. The van der Waals surface area contributed by atoms with Crippen LogP contribution < -0.4 is 15.2 Å². The van der Waals surface area contributed by atoms with Crippen LogP contribution in [0, 0.1) is 0 Å². The molecule has 6 nitrogen and oxygen atoms in total. The number of anilines is 1. The van der Waals surface area contributed by atoms with E-state index in [0.717, 1.165) is 6.42 Å². The van der Waals surface area contributed by atoms with Crippen LogP contribution in [0.3, 0.4) is 0 Å². The van der Waals surface area contributed by atoms with Crippen LogP contribution in [-0.4, -0.2) is 50.8 Å². The molecule has 2 rings (SSSR count). The second-order valence-electron chi connectivity index (χ2n) is 5.08. The molecule has 21 heavy (non-hydrogen) atoms. The number of hydrogen-bond acceptors (Lipinski definition) is 5. The molecule has 0 saturated carbocycles. The van der Waals surface area contributed by atoms with E-state index in [9.17, 15) is 4.79 Å². The normalized spacial score (nSPS) is 19.0. The van der Waals surface area contributed by atoms with E-state index in [1.54, 1.807) is 24.1 Å². The summed E-state index contributed by atoms with van der Waals surface area (Å²) in [6.07, 6.45) is 0.835. The Morgan fingerprint density at radius 3 is 2.81 bits per heavy atom. The lowest BCUT2D eigenvalue weighted by molar-refractivity contribution is 0.0563. The number of hydrogen-bond donors (Lipinski definition) is 1. The minimum absolute atomic E-state index is 0.0187. The fourth-order valence-corrected chi connectivity index (χ4v) is 2.41. The van der Waals surface area contributed by atoms with Crippen LogP contribution in [0.5, 0.6) is 11.5 Å². The summed E-state index contributed by atoms with van der Waals surface area (Å²) < 4.78 is 16.0. The summed E-state index contributed by atoms with van der Waals surface area (Å²) in [5.41, 5.74) is 6.78. The second kappa shape index (κ2) is 6.67. The Bertz CT molecular complexity index is 519. The fraction of sp³-hybridized carbons (Fsp3) is 0.533. The summed E-state index contributed by atoms with van der Waals surface area (Å²) in [6, 6.07) is 3.32. The molecule has 2 N–H and O–H groups in total. The van der Waals surface area contributed by atoms with Crippen molar-refractivity contribution in [3.8, 4) is 11.5 Å². The van der Waals surface area contributed by atoms with Crippen LogP contribution >= 0.6 is 0 Å². The summed E-state index contributed by atoms with van der Waals surface area (Å²) in [5.74, 6) is 0.863. The predicted molar refractivity (Wildman–Crippen MR) is 79.9 cm³/mol. The summed E-state index contributed by atoms with van der Waals surface area (Å²) in [4.78, 5) is 14.5. The number of nitrogen functional groups attached to an aromatic ring is 1. The molecule has 1 atom stereocenters. The number of amides is 1. The van der Waals surface area contributed by atoms with Crippen molar-refractivity contribution >= 4 is 11.6 Å². The van der Waals surface area contributed by atoms with Gasteiger partial charge in [0.2, 0.25) is 0 Å². The highest BCUT2D eigenvalue weighted by Gasteiger charge is 2.24. The number of carbonyl (C=O) groups is 1. The maximum Gasteiger partial charge on any atom is 0.256 e. The number of carbonyl (C=O) groups excluding carboxylic acids is 1. The van der Waals surface area contributed by atoms with Crippen molar-refractivity contribution < 1.29 is 19.0 Å². The lowest BCUT2D eigenvalue weighted by atomic mass is 10.1. The van der Waals surface area contributed by atoms with E-state index in [4.69, 9.17) is 19.9 Å². The Labute approximate surface area is 124 Å². The van der Waals surface area contributed by atoms with Gasteiger partial charge in [0.25, 0.3) is 5.91 Å². The molecule has 116 valence electrons. The van der Waals surface area contributed by atoms with Gasteiger partial charge in [0.05, 0.1) is 31.6 Å². The van der Waals surface area contributed by atoms with Gasteiger partial charge in [-0.3, -0.25) is 4.79 Å². The van der Waals surface area contributed by atoms with Gasteiger partial charge < -0.3 is 24.8 Å². The lowest BCUT2D eigenvalue weighted by Gasteiger charge is -2.23. The highest BCUT2D eigenvalue weighted by atomic mass is 16.5. The Morgan fingerprint density at radius 1 is 1.38 bits per heavy atom. The molecule has 0 spiro atoms. The first-order valence-corrected chi connectivity index (χ1v) is 6.99. The Hall–Kier alpha value is -1.95. The van der Waals surface area contributed by atoms with Crippen LogP contribution in [0.15, 0.2) is 12.1 Å². The molecule has 0 aliphatic carbocycles. The second-order valence-corrected chi connectivity index (χ2v) is 5.08. The third-order valence-corrected chi connectivity index (χ3v) is 3.54. The largest absolute Gasteiger partial charge is 0.497 e. The van der Waals surface area contributed by atoms with E-state index in [-0.39, 0.29) is 12.0 Å². The first-order chi connectivity index (χ1) is 10.1. The number of rotatable bonds is 3. The lowest BCUT2D eigenvalue weighted by Crippen LogP contribution is -2.36. The molecule has 1 aliphatic heterocycles. The summed E-state index contributed by atoms with van der Waals surface area (Å²) >= 11 is 0. The first kappa shape index (κ1) is 15.4. The zero-order valence-electron chi connectivity index (χ0n) is 12.7. The van der Waals surface area contributed by atoms with Gasteiger partial charge in [0, 0.05) is 25.8 Å². The van der Waals surface area contributed by atoms with Gasteiger partial charge >= 0.3 is 0 Å². The predicted octanol–water partition coefficient (Wildman–Crippen LogP) is 1.54. The maximum atomic E-state index is 12.7. The maximum absolute atomic E-state index is 12.7. The zero-order chi connectivity index (χ0) is 15.4. The van der Waals surface area contributed by atoms with Crippen molar-refractivity contribution in [2.24, 2.45) is 0 Å². The minimum Gasteiger partial charge on any atom is -0.497 e. The number of ether oxygens (including phenoxy) is 3. The van der Waals surface area contributed by atoms with Gasteiger partial charge in [-0.2, -0.15) is 0 Å². The van der Waals surface area contributed by atoms with E-state index in [1.807, 2.05) is 6.92 Å². The molecule has 6 heteroatoms. The number of benzene rings is 1. The molecule has 1 amide bonds. The van der Waals surface area contributed by atoms with Gasteiger partial charge in [0.1, 0.15) is 11.5 Å². The molecule has 1 heterocycles. The van der Waals surface area contributed by atoms with Crippen molar-refractivity contribution in [1.82, 2.24) is 4.90 Å². The van der Waals surface area contributed by atoms with Crippen molar-refractivity contribution in [3.63, 3.8) is 0 Å². The molecule has 1 aliphatic rings. The van der Waals surface area contributed by atoms with Crippen molar-refractivity contribution in [3.05, 3.63) is 17.7 Å². The van der Waals surface area contributed by atoms with Gasteiger partial charge in [-0.1, -0.05) is 0 Å². The molecule has 0 aromatic heterocycles. The summed E-state index contributed by atoms with van der Waals surface area (Å²) in [6.45, 7) is 3.84. The Morgan fingerprint density at radius 2 is 2.14 bits per heavy atom. The molecule has 0 radical (unpaired) electrons. The average molecular weight is 294 g/mol. The van der Waals surface area contributed by atoms with Gasteiger partial charge in [-0.25, -0.2) is 0 Å². The fourth-order valence-electron chi connectivity index (χ4n) is 2.41. The molecule has 1 fully saturated rings. The molecule has 1 aromatic rings. The van der Waals surface area contributed by atoms with Crippen molar-refractivity contribution in [2.75, 3.05) is 39.6 Å². The first-order valence-electron chi connectivity index (χ1n) is 6.99. The van der Waals surface area contributed by atoms with Crippen LogP contribution in [0.1, 0.15) is 23.7 Å². The number of nitrogens with zero attached hydrogens (tertiary/aromatic N) is 1. The Balaban J connectivity index is 2.33. The monoisotopic (exact) mass is 294 g/mol. The standard InChI is InChI=1S/C15H22N2O4/c1-10-9-17(5-4-6-21-10)15(18)12-7-11(19-2)8-13(20-3)14(12)16/h7-8,10H,4-6,9,16H2,1-3H3. The molecular weight excluding hydrogens is 272 g/mol. The van der Waals surface area contributed by atoms with Crippen LogP contribution in [0.2, 0.25) is 0 Å². The SMILES string of the molecule is COc1cc(OC)c(N)c(C(=O)N2CCCOC(C)C2)c1. The molecule has 0 bridgehead atoms. The smallest absolute Gasteiger partial charge is 0.256 e. The van der Waals surface area contributed by atoms with Gasteiger partial charge in [-0.15, -0.1) is 0 Å². The zero-order valence-corrected chi connectivity index (χ0v) is 12.7. The van der Waals surface area contributed by atoms with Crippen LogP contribution in [0.4, 0.5) is 5.69 Å². The quantitative estimate of drug-likeness (QED) is 0.856. The topological polar surface area (TPSA) is 74.0 Å². The Kier molecular flexibility index (Phi) is 4.90. The van der Waals surface area contributed by atoms with E-state index in [2.05, 4.69) is 0 Å². The highest BCUT2D eigenvalue weighted by Crippen LogP contribution is 2.32. The van der Waals surface area contributed by atoms with Crippen LogP contribution in [0.25, 0.3) is 0 Å². The van der Waals surface area contributed by atoms with E-state index in [1.165, 1.54) is 7.11 Å². The van der Waals surface area contributed by atoms with Crippen molar-refractivity contribution in [1.29, 1.82) is 0 Å². The van der Waals surface area contributed by atoms with Gasteiger partial charge in [-0.05, 0) is 19.4 Å². The summed E-state index contributed by atoms with van der Waals surface area (Å²) in [7, 11) is 3.06. The average Bonchev–Trinajstić information content (AvgIpc) is 2.71. The van der Waals surface area contributed by atoms with E-state index < -0.39 is 0 Å². The third kappa shape index (κ3) is 3.39. The van der Waals surface area contributed by atoms with Crippen LogP contribution in [-0.2, 0) is 4.74 Å². The van der Waals surface area contributed by atoms with Crippen molar-refractivity contribution in [2.45, 2.75) is 19.4 Å². The summed E-state index contributed by atoms with van der Waals surface area (Å²) in [5, 5.41) is 0. The highest BCUT2D eigenvalue weighted by molar-refractivity contribution is 6.01. The molecule has 1 aromatic carbocycles. The minimum atomic E-state index is -0.123. The van der Waals surface area contributed by atoms with E-state index in [0.29, 0.717) is 42.4 Å². The number of methoxy groups -OCH3 is 2. The third-order valence-electron chi connectivity index (χ3n) is 3.54. The molecular formula is C15H22N2O4. The molecule has 1 unspecified atom stereocenters. The van der Waals surface area contributed by atoms with E-state index >= 15 is 0 Å². The van der Waals surface area contributed by atoms with Gasteiger partial charge in [0.15, 0.2) is 0 Å².